The van der Waals surface area contributed by atoms with Crippen LogP contribution in [0.4, 0.5) is 0 Å². The van der Waals surface area contributed by atoms with Gasteiger partial charge in [0.15, 0.2) is 5.96 Å². The number of hydrogen-bond acceptors (Lipinski definition) is 3. The number of benzene rings is 1. The molecule has 0 radical (unpaired) electrons. The molecule has 1 heterocycles. The van der Waals surface area contributed by atoms with E-state index in [2.05, 4.69) is 20.6 Å². The fraction of sp³-hybridized carbons (Fsp3) is 0.333. The van der Waals surface area contributed by atoms with Crippen LogP contribution in [0.2, 0.25) is 0 Å². The minimum atomic E-state index is 0. The Morgan fingerprint density at radius 3 is 2.91 bits per heavy atom. The molecule has 0 atom stereocenters. The third-order valence-corrected chi connectivity index (χ3v) is 3.04. The van der Waals surface area contributed by atoms with Gasteiger partial charge in [-0.3, -0.25) is 4.99 Å². The summed E-state index contributed by atoms with van der Waals surface area (Å²) < 4.78 is 7.23. The predicted molar refractivity (Wildman–Crippen MR) is 98.8 cm³/mol. The molecule has 1 aromatic carbocycles. The summed E-state index contributed by atoms with van der Waals surface area (Å²) in [7, 11) is 3.43. The van der Waals surface area contributed by atoms with Gasteiger partial charge in [0.25, 0.3) is 0 Å². The predicted octanol–water partition coefficient (Wildman–Crippen LogP) is 1.87. The van der Waals surface area contributed by atoms with Crippen LogP contribution in [-0.4, -0.2) is 36.2 Å². The molecule has 2 aromatic rings. The standard InChI is InChI=1S/C15H21N5O.HI/c1-16-15(18-7-9-20-8-6-17-12-20)19-11-13-4-3-5-14(10-13)21-2;/h3-6,8,10,12H,7,9,11H2,1-2H3,(H2,16,18,19);1H. The van der Waals surface area contributed by atoms with Crippen LogP contribution in [0.15, 0.2) is 48.0 Å². The average Bonchev–Trinajstić information content (AvgIpc) is 3.04. The molecule has 0 aliphatic heterocycles. The fourth-order valence-corrected chi connectivity index (χ4v) is 1.91. The number of halogens is 1. The summed E-state index contributed by atoms with van der Waals surface area (Å²) in [6, 6.07) is 7.97. The summed E-state index contributed by atoms with van der Waals surface area (Å²) in [5, 5.41) is 6.54. The molecule has 0 spiro atoms. The summed E-state index contributed by atoms with van der Waals surface area (Å²) in [5.41, 5.74) is 1.15. The Morgan fingerprint density at radius 2 is 2.23 bits per heavy atom. The molecular weight excluding hydrogens is 393 g/mol. The van der Waals surface area contributed by atoms with Crippen molar-refractivity contribution in [3.63, 3.8) is 0 Å². The Balaban J connectivity index is 0.00000242. The summed E-state index contributed by atoms with van der Waals surface area (Å²) in [5.74, 6) is 1.63. The average molecular weight is 415 g/mol. The Morgan fingerprint density at radius 1 is 1.36 bits per heavy atom. The van der Waals surface area contributed by atoms with Gasteiger partial charge in [0.05, 0.1) is 13.4 Å². The second kappa shape index (κ2) is 10.0. The van der Waals surface area contributed by atoms with Gasteiger partial charge in [0.2, 0.25) is 0 Å². The van der Waals surface area contributed by atoms with Crippen LogP contribution in [-0.2, 0) is 13.1 Å². The molecule has 22 heavy (non-hydrogen) atoms. The maximum absolute atomic E-state index is 5.21. The lowest BCUT2D eigenvalue weighted by atomic mass is 10.2. The Hall–Kier alpha value is -1.77. The second-order valence-corrected chi connectivity index (χ2v) is 4.50. The van der Waals surface area contributed by atoms with Crippen molar-refractivity contribution < 1.29 is 4.74 Å². The summed E-state index contributed by atoms with van der Waals surface area (Å²) >= 11 is 0. The van der Waals surface area contributed by atoms with Crippen molar-refractivity contribution in [1.82, 2.24) is 20.2 Å². The normalized spacial score (nSPS) is 10.7. The van der Waals surface area contributed by atoms with Gasteiger partial charge >= 0.3 is 0 Å². The van der Waals surface area contributed by atoms with E-state index >= 15 is 0 Å². The van der Waals surface area contributed by atoms with E-state index in [-0.39, 0.29) is 24.0 Å². The van der Waals surface area contributed by atoms with Gasteiger partial charge in [0.1, 0.15) is 5.75 Å². The first-order valence-corrected chi connectivity index (χ1v) is 6.85. The van der Waals surface area contributed by atoms with Crippen molar-refractivity contribution in [3.8, 4) is 5.75 Å². The van der Waals surface area contributed by atoms with Gasteiger partial charge in [-0.25, -0.2) is 4.98 Å². The van der Waals surface area contributed by atoms with Gasteiger partial charge in [-0.2, -0.15) is 0 Å². The number of aliphatic imine (C=N–C) groups is 1. The lowest BCUT2D eigenvalue weighted by Gasteiger charge is -2.12. The second-order valence-electron chi connectivity index (χ2n) is 4.50. The van der Waals surface area contributed by atoms with E-state index in [0.29, 0.717) is 6.54 Å². The number of hydrogen-bond donors (Lipinski definition) is 2. The summed E-state index contributed by atoms with van der Waals surface area (Å²) in [4.78, 5) is 8.21. The van der Waals surface area contributed by atoms with Gasteiger partial charge < -0.3 is 19.9 Å². The van der Waals surface area contributed by atoms with E-state index in [9.17, 15) is 0 Å². The zero-order valence-electron chi connectivity index (χ0n) is 12.8. The largest absolute Gasteiger partial charge is 0.497 e. The fourth-order valence-electron chi connectivity index (χ4n) is 1.91. The number of guanidine groups is 1. The highest BCUT2D eigenvalue weighted by molar-refractivity contribution is 14.0. The van der Waals surface area contributed by atoms with Crippen LogP contribution in [0.3, 0.4) is 0 Å². The minimum Gasteiger partial charge on any atom is -0.497 e. The number of imidazole rings is 1. The third-order valence-electron chi connectivity index (χ3n) is 3.04. The molecule has 6 nitrogen and oxygen atoms in total. The number of aromatic nitrogens is 2. The lowest BCUT2D eigenvalue weighted by molar-refractivity contribution is 0.414. The van der Waals surface area contributed by atoms with Gasteiger partial charge in [-0.1, -0.05) is 12.1 Å². The van der Waals surface area contributed by atoms with E-state index < -0.39 is 0 Å². The lowest BCUT2D eigenvalue weighted by Crippen LogP contribution is -2.38. The van der Waals surface area contributed by atoms with E-state index in [1.54, 1.807) is 26.7 Å². The van der Waals surface area contributed by atoms with Crippen molar-refractivity contribution >= 4 is 29.9 Å². The molecule has 0 fully saturated rings. The van der Waals surface area contributed by atoms with Crippen molar-refractivity contribution in [3.05, 3.63) is 48.5 Å². The highest BCUT2D eigenvalue weighted by atomic mass is 127. The van der Waals surface area contributed by atoms with Crippen molar-refractivity contribution in [1.29, 1.82) is 0 Å². The third kappa shape index (κ3) is 5.92. The van der Waals surface area contributed by atoms with Crippen LogP contribution in [0.5, 0.6) is 5.75 Å². The molecule has 0 saturated carbocycles. The first-order chi connectivity index (χ1) is 10.3. The van der Waals surface area contributed by atoms with E-state index in [1.807, 2.05) is 35.0 Å². The molecule has 1 aromatic heterocycles. The molecule has 120 valence electrons. The molecule has 7 heteroatoms. The number of ether oxygens (including phenoxy) is 1. The highest BCUT2D eigenvalue weighted by Crippen LogP contribution is 2.11. The van der Waals surface area contributed by atoms with E-state index in [0.717, 1.165) is 30.4 Å². The zero-order chi connectivity index (χ0) is 14.9. The quantitative estimate of drug-likeness (QED) is 0.430. The van der Waals surface area contributed by atoms with Crippen LogP contribution in [0.25, 0.3) is 0 Å². The molecule has 0 saturated heterocycles. The molecule has 0 aliphatic rings. The SMILES string of the molecule is CN=C(NCCn1ccnc1)NCc1cccc(OC)c1.I. The number of rotatable bonds is 6. The van der Waals surface area contributed by atoms with Gasteiger partial charge in [0, 0.05) is 39.1 Å². The Kier molecular flexibility index (Phi) is 8.34. The van der Waals surface area contributed by atoms with Crippen molar-refractivity contribution in [2.24, 2.45) is 4.99 Å². The first kappa shape index (κ1) is 18.3. The van der Waals surface area contributed by atoms with Crippen LogP contribution in [0, 0.1) is 0 Å². The molecule has 0 amide bonds. The topological polar surface area (TPSA) is 63.5 Å². The summed E-state index contributed by atoms with van der Waals surface area (Å²) in [6.07, 6.45) is 5.51. The maximum atomic E-state index is 5.21. The van der Waals surface area contributed by atoms with Crippen molar-refractivity contribution in [2.45, 2.75) is 13.1 Å². The monoisotopic (exact) mass is 415 g/mol. The van der Waals surface area contributed by atoms with Gasteiger partial charge in [-0.05, 0) is 17.7 Å². The molecule has 0 bridgehead atoms. The smallest absolute Gasteiger partial charge is 0.191 e. The Labute approximate surface area is 148 Å². The van der Waals surface area contributed by atoms with Crippen LogP contribution in [0.1, 0.15) is 5.56 Å². The molecule has 2 N–H and O–H groups in total. The van der Waals surface area contributed by atoms with Crippen LogP contribution >= 0.6 is 24.0 Å². The first-order valence-electron chi connectivity index (χ1n) is 6.85. The molecule has 2 rings (SSSR count). The van der Waals surface area contributed by atoms with E-state index in [1.165, 1.54) is 0 Å². The zero-order valence-corrected chi connectivity index (χ0v) is 15.2. The maximum Gasteiger partial charge on any atom is 0.191 e. The minimum absolute atomic E-state index is 0. The van der Waals surface area contributed by atoms with Gasteiger partial charge in [-0.15, -0.1) is 24.0 Å². The Bertz CT molecular complexity index is 571. The number of nitrogens with zero attached hydrogens (tertiary/aromatic N) is 3. The van der Waals surface area contributed by atoms with Crippen LogP contribution < -0.4 is 15.4 Å². The summed E-state index contributed by atoms with van der Waals surface area (Å²) in [6.45, 7) is 2.33. The van der Waals surface area contributed by atoms with E-state index in [4.69, 9.17) is 4.74 Å². The highest BCUT2D eigenvalue weighted by Gasteiger charge is 1.99. The number of methoxy groups -OCH3 is 1. The number of nitrogens with one attached hydrogen (secondary N) is 2. The molecular formula is C15H22IN5O. The molecule has 0 unspecified atom stereocenters. The van der Waals surface area contributed by atoms with Crippen molar-refractivity contribution in [2.75, 3.05) is 20.7 Å². The molecule has 0 aliphatic carbocycles.